The van der Waals surface area contributed by atoms with E-state index in [1.54, 1.807) is 24.3 Å². The van der Waals surface area contributed by atoms with Crippen molar-refractivity contribution in [2.75, 3.05) is 5.32 Å². The number of fused-ring (bicyclic) bond motifs is 3. The van der Waals surface area contributed by atoms with Crippen molar-refractivity contribution < 1.29 is 27.9 Å². The molecule has 0 unspecified atom stereocenters. The zero-order valence-electron chi connectivity index (χ0n) is 21.8. The number of aromatic nitrogens is 1. The van der Waals surface area contributed by atoms with Gasteiger partial charge >= 0.3 is 5.97 Å². The van der Waals surface area contributed by atoms with Gasteiger partial charge in [-0.1, -0.05) is 46.9 Å². The average Bonchev–Trinajstić information content (AvgIpc) is 3.40. The molecule has 3 N–H and O–H groups in total. The van der Waals surface area contributed by atoms with Crippen molar-refractivity contribution in [3.63, 3.8) is 0 Å². The van der Waals surface area contributed by atoms with Gasteiger partial charge in [0.1, 0.15) is 26.6 Å². The van der Waals surface area contributed by atoms with E-state index in [-0.39, 0.29) is 38.5 Å². The second-order valence-electron chi connectivity index (χ2n) is 10.2. The summed E-state index contributed by atoms with van der Waals surface area (Å²) in [5.74, 6) is -2.58. The summed E-state index contributed by atoms with van der Waals surface area (Å²) in [7, 11) is -4.01. The second-order valence-corrected chi connectivity index (χ2v) is 14.7. The lowest BCUT2D eigenvalue weighted by atomic mass is 9.76. The van der Waals surface area contributed by atoms with Gasteiger partial charge in [0.2, 0.25) is 5.91 Å². The number of pyridine rings is 1. The number of nitrogens with zero attached hydrogens (tertiary/aromatic N) is 2. The van der Waals surface area contributed by atoms with Gasteiger partial charge in [-0.3, -0.25) is 9.59 Å². The number of hydrogen-bond donors (Lipinski definition) is 3. The zero-order chi connectivity index (χ0) is 30.2. The molecule has 3 aliphatic rings. The van der Waals surface area contributed by atoms with Gasteiger partial charge in [0.15, 0.2) is 0 Å². The summed E-state index contributed by atoms with van der Waals surface area (Å²) in [4.78, 5) is 42.1. The summed E-state index contributed by atoms with van der Waals surface area (Å²) in [6.45, 7) is 0. The smallest absolute Gasteiger partial charge is 0.326 e. The fraction of sp³-hybridized carbons (Fsp3) is 0.333. The molecule has 10 nitrogen and oxygen atoms in total. The molecule has 1 aliphatic carbocycles. The molecule has 2 saturated heterocycles. The Hall–Kier alpha value is -2.74. The van der Waals surface area contributed by atoms with Crippen LogP contribution in [-0.4, -0.2) is 58.7 Å². The summed E-state index contributed by atoms with van der Waals surface area (Å²) in [6, 6.07) is 9.45. The Kier molecular flexibility index (Phi) is 9.12. The quantitative estimate of drug-likeness (QED) is 0.269. The van der Waals surface area contributed by atoms with Crippen LogP contribution >= 0.6 is 46.1 Å². The molecular weight excluding hydrogens is 647 g/mol. The normalized spacial score (nSPS) is 21.1. The van der Waals surface area contributed by atoms with Gasteiger partial charge in [-0.05, 0) is 73.6 Å². The fourth-order valence-corrected chi connectivity index (χ4v) is 9.48. The highest BCUT2D eigenvalue weighted by Crippen LogP contribution is 2.44. The number of nitrogens with one attached hydrogen (secondary N) is 2. The number of sulfonamides is 1. The topological polar surface area (TPSA) is 146 Å². The van der Waals surface area contributed by atoms with E-state index in [0.717, 1.165) is 11.3 Å². The van der Waals surface area contributed by atoms with Crippen molar-refractivity contribution >= 4 is 79.6 Å². The number of carbonyl (C=O) groups excluding carboxylic acids is 2. The molecule has 6 rings (SSSR count). The zero-order valence-corrected chi connectivity index (χ0v) is 25.7. The lowest BCUT2D eigenvalue weighted by Gasteiger charge is -2.49. The Morgan fingerprint density at radius 1 is 1.00 bits per heavy atom. The Balaban J connectivity index is 1.29. The molecule has 4 heterocycles. The predicted molar refractivity (Wildman–Crippen MR) is 160 cm³/mol. The minimum atomic E-state index is -4.01. The standard InChI is InChI=1S/C27H25Cl3N4O6S2/c28-20-12-16(13-21(29)33-20)25(35)31-17-5-1-14(2-6-17)11-19(27(37)38)32-26(36)24-15-3-7-18(8-4-15)34(24)42(39,40)23-10-9-22(30)41-23/h1-2,5-6,9-10,12-13,15,18-19,24H,3-4,7-8,11H2,(H,31,35)(H,32,36)(H,37,38)/t15?,18?,19-,24-/m0/s1. The molecule has 2 atom stereocenters. The monoisotopic (exact) mass is 670 g/mol. The fourth-order valence-electron chi connectivity index (χ4n) is 5.54. The van der Waals surface area contributed by atoms with Crippen molar-refractivity contribution in [1.82, 2.24) is 14.6 Å². The molecule has 2 amide bonds. The molecule has 2 aliphatic heterocycles. The molecule has 3 fully saturated rings. The maximum Gasteiger partial charge on any atom is 0.326 e. The number of carboxylic acids is 1. The van der Waals surface area contributed by atoms with E-state index in [0.29, 0.717) is 41.3 Å². The molecule has 15 heteroatoms. The van der Waals surface area contributed by atoms with Crippen molar-refractivity contribution in [2.24, 2.45) is 5.92 Å². The molecule has 0 radical (unpaired) electrons. The van der Waals surface area contributed by atoms with Crippen LogP contribution in [0.3, 0.4) is 0 Å². The third-order valence-corrected chi connectivity index (χ3v) is 11.5. The SMILES string of the molecule is O=C(Nc1ccc(C[C@H](NC(=O)[C@@H]2C3CCC(CC3)N2S(=O)(=O)c2ccc(Cl)s2)C(=O)O)cc1)c1cc(Cl)nc(Cl)c1. The number of hydrogen-bond acceptors (Lipinski definition) is 7. The van der Waals surface area contributed by atoms with E-state index >= 15 is 0 Å². The van der Waals surface area contributed by atoms with Crippen LogP contribution in [-0.2, 0) is 26.0 Å². The van der Waals surface area contributed by atoms with Crippen LogP contribution in [0.5, 0.6) is 0 Å². The lowest BCUT2D eigenvalue weighted by Crippen LogP contribution is -2.63. The lowest BCUT2D eigenvalue weighted by molar-refractivity contribution is -0.143. The number of rotatable bonds is 9. The van der Waals surface area contributed by atoms with E-state index in [9.17, 15) is 27.9 Å². The average molecular weight is 672 g/mol. The van der Waals surface area contributed by atoms with Crippen LogP contribution < -0.4 is 10.6 Å². The number of thiophene rings is 1. The van der Waals surface area contributed by atoms with Gasteiger partial charge in [0, 0.05) is 23.7 Å². The minimum absolute atomic E-state index is 0.0509. The maximum absolute atomic E-state index is 13.6. The Bertz CT molecular complexity index is 1600. The number of piperidine rings is 2. The highest BCUT2D eigenvalue weighted by molar-refractivity contribution is 7.91. The third-order valence-electron chi connectivity index (χ3n) is 7.46. The van der Waals surface area contributed by atoms with Crippen LogP contribution in [0.1, 0.15) is 41.6 Å². The summed E-state index contributed by atoms with van der Waals surface area (Å²) >= 11 is 18.6. The van der Waals surface area contributed by atoms with Gasteiger partial charge in [-0.25, -0.2) is 18.2 Å². The predicted octanol–water partition coefficient (Wildman–Crippen LogP) is 5.10. The van der Waals surface area contributed by atoms with Crippen LogP contribution in [0.25, 0.3) is 0 Å². The summed E-state index contributed by atoms with van der Waals surface area (Å²) in [5.41, 5.74) is 1.24. The van der Waals surface area contributed by atoms with Gasteiger partial charge in [0.05, 0.1) is 4.34 Å². The molecule has 222 valence electrons. The van der Waals surface area contributed by atoms with Gasteiger partial charge in [0.25, 0.3) is 15.9 Å². The van der Waals surface area contributed by atoms with Crippen molar-refractivity contribution in [2.45, 2.75) is 54.4 Å². The summed E-state index contributed by atoms with van der Waals surface area (Å²) < 4.78 is 28.8. The maximum atomic E-state index is 13.6. The molecule has 1 aromatic carbocycles. The first-order valence-electron chi connectivity index (χ1n) is 13.0. The Morgan fingerprint density at radius 3 is 2.21 bits per heavy atom. The first-order valence-corrected chi connectivity index (χ1v) is 16.4. The van der Waals surface area contributed by atoms with Crippen molar-refractivity contribution in [1.29, 1.82) is 0 Å². The van der Waals surface area contributed by atoms with Crippen LogP contribution in [0.2, 0.25) is 14.6 Å². The van der Waals surface area contributed by atoms with Crippen LogP contribution in [0.15, 0.2) is 52.7 Å². The highest BCUT2D eigenvalue weighted by atomic mass is 35.5. The number of carboxylic acid groups (broad SMARTS) is 1. The second kappa shape index (κ2) is 12.5. The number of amides is 2. The molecule has 2 aromatic heterocycles. The van der Waals surface area contributed by atoms with Gasteiger partial charge in [-0.2, -0.15) is 4.31 Å². The summed E-state index contributed by atoms with van der Waals surface area (Å²) in [5, 5.41) is 15.4. The third kappa shape index (κ3) is 6.58. The molecule has 2 bridgehead atoms. The van der Waals surface area contributed by atoms with Crippen molar-refractivity contribution in [3.05, 3.63) is 74.3 Å². The molecule has 1 saturated carbocycles. The van der Waals surface area contributed by atoms with Gasteiger partial charge < -0.3 is 15.7 Å². The minimum Gasteiger partial charge on any atom is -0.480 e. The van der Waals surface area contributed by atoms with Crippen LogP contribution in [0, 0.1) is 5.92 Å². The van der Waals surface area contributed by atoms with E-state index in [1.807, 2.05) is 0 Å². The van der Waals surface area contributed by atoms with E-state index in [1.165, 1.54) is 28.6 Å². The number of aliphatic carboxylic acids is 1. The molecule has 3 aromatic rings. The first-order chi connectivity index (χ1) is 19.9. The van der Waals surface area contributed by atoms with Gasteiger partial charge in [-0.15, -0.1) is 11.3 Å². The first kappa shape index (κ1) is 30.7. The number of halogens is 3. The molecular formula is C27H25Cl3N4O6S2. The van der Waals surface area contributed by atoms with E-state index < -0.39 is 39.9 Å². The summed E-state index contributed by atoms with van der Waals surface area (Å²) in [6.07, 6.45) is 2.59. The Labute approximate surface area is 261 Å². The molecule has 42 heavy (non-hydrogen) atoms. The number of benzene rings is 1. The van der Waals surface area contributed by atoms with Crippen LogP contribution in [0.4, 0.5) is 5.69 Å². The Morgan fingerprint density at radius 2 is 1.64 bits per heavy atom. The van der Waals surface area contributed by atoms with E-state index in [4.69, 9.17) is 34.8 Å². The number of anilines is 1. The van der Waals surface area contributed by atoms with E-state index in [2.05, 4.69) is 15.6 Å². The molecule has 0 spiro atoms. The van der Waals surface area contributed by atoms with Crippen molar-refractivity contribution in [3.8, 4) is 0 Å². The number of carbonyl (C=O) groups is 3. The highest BCUT2D eigenvalue weighted by Gasteiger charge is 2.51. The largest absolute Gasteiger partial charge is 0.480 e.